The molecule has 0 radical (unpaired) electrons. The lowest BCUT2D eigenvalue weighted by atomic mass is 10.0. The van der Waals surface area contributed by atoms with Crippen LogP contribution in [0.2, 0.25) is 0 Å². The fourth-order valence-electron chi connectivity index (χ4n) is 2.51. The molecule has 0 aliphatic heterocycles. The van der Waals surface area contributed by atoms with Gasteiger partial charge in [0.15, 0.2) is 5.82 Å². The molecule has 0 atom stereocenters. The van der Waals surface area contributed by atoms with Gasteiger partial charge in [-0.15, -0.1) is 0 Å². The number of amides is 1. The third kappa shape index (κ3) is 3.37. The Morgan fingerprint density at radius 3 is 2.88 bits per heavy atom. The van der Waals surface area contributed by atoms with Crippen LogP contribution in [0.3, 0.4) is 0 Å². The van der Waals surface area contributed by atoms with Gasteiger partial charge in [-0.1, -0.05) is 30.8 Å². The number of nitrogens with two attached hydrogens (primary N) is 1. The third-order valence-electron chi connectivity index (χ3n) is 3.76. The largest absolute Gasteiger partial charge is 0.396 e. The minimum atomic E-state index is -0.282. The van der Waals surface area contributed by atoms with Crippen LogP contribution in [0.4, 0.5) is 11.4 Å². The zero-order chi connectivity index (χ0) is 17.8. The summed E-state index contributed by atoms with van der Waals surface area (Å²) >= 11 is 0. The van der Waals surface area contributed by atoms with Crippen LogP contribution >= 0.6 is 0 Å². The molecule has 0 bridgehead atoms. The highest BCUT2D eigenvalue weighted by atomic mass is 16.1. The maximum atomic E-state index is 11.6. The summed E-state index contributed by atoms with van der Waals surface area (Å²) in [5, 5.41) is 4.61. The molecular weight excluding hydrogens is 316 g/mol. The molecule has 1 aromatic heterocycles. The third-order valence-corrected chi connectivity index (χ3v) is 3.76. The van der Waals surface area contributed by atoms with Gasteiger partial charge in [0.1, 0.15) is 6.29 Å². The second kappa shape index (κ2) is 6.92. The number of hydrogen-bond donors (Lipinski definition) is 2. The van der Waals surface area contributed by atoms with E-state index in [4.69, 9.17) is 5.73 Å². The first kappa shape index (κ1) is 16.3. The summed E-state index contributed by atoms with van der Waals surface area (Å²) in [5.74, 6) is 0.188. The maximum Gasteiger partial charge on any atom is 0.247 e. The second-order valence-corrected chi connectivity index (χ2v) is 5.40. The summed E-state index contributed by atoms with van der Waals surface area (Å²) in [6.07, 6.45) is 3.61. The Bertz CT molecular complexity index is 982. The van der Waals surface area contributed by atoms with Crippen LogP contribution in [0.25, 0.3) is 22.2 Å². The molecule has 3 aromatic rings. The van der Waals surface area contributed by atoms with Gasteiger partial charge in [0, 0.05) is 23.1 Å². The van der Waals surface area contributed by atoms with E-state index in [1.807, 2.05) is 36.4 Å². The number of rotatable bonds is 5. The van der Waals surface area contributed by atoms with Gasteiger partial charge < -0.3 is 15.8 Å². The Hall–Kier alpha value is -3.54. The Balaban J connectivity index is 2.10. The van der Waals surface area contributed by atoms with E-state index in [0.29, 0.717) is 22.9 Å². The molecule has 3 rings (SSSR count). The van der Waals surface area contributed by atoms with Crippen molar-refractivity contribution in [2.45, 2.75) is 6.42 Å². The lowest BCUT2D eigenvalue weighted by Crippen LogP contribution is -2.07. The minimum absolute atomic E-state index is 0.135. The summed E-state index contributed by atoms with van der Waals surface area (Å²) in [4.78, 5) is 31.0. The summed E-state index contributed by atoms with van der Waals surface area (Å²) in [6, 6.07) is 11.3. The maximum absolute atomic E-state index is 11.6. The molecule has 0 aliphatic carbocycles. The zero-order valence-electron chi connectivity index (χ0n) is 13.4. The van der Waals surface area contributed by atoms with Gasteiger partial charge in [-0.2, -0.15) is 0 Å². The van der Waals surface area contributed by atoms with Crippen LogP contribution in [0.15, 0.2) is 55.3 Å². The molecule has 1 heterocycles. The predicted octanol–water partition coefficient (Wildman–Crippen LogP) is 2.74. The number of nitrogens with one attached hydrogen (secondary N) is 1. The molecule has 0 fully saturated rings. The van der Waals surface area contributed by atoms with Crippen molar-refractivity contribution in [2.75, 3.05) is 11.1 Å². The Kier molecular flexibility index (Phi) is 4.52. The molecular formula is C19H16N4O2. The summed E-state index contributed by atoms with van der Waals surface area (Å²) in [5.41, 5.74) is 8.11. The zero-order valence-corrected chi connectivity index (χ0v) is 13.4. The average molecular weight is 332 g/mol. The van der Waals surface area contributed by atoms with Gasteiger partial charge in [0.2, 0.25) is 5.91 Å². The van der Waals surface area contributed by atoms with Crippen molar-refractivity contribution in [1.82, 2.24) is 9.97 Å². The first-order chi connectivity index (χ1) is 12.1. The molecule has 3 N–H and O–H groups in total. The van der Waals surface area contributed by atoms with Gasteiger partial charge in [-0.05, 0) is 23.6 Å². The van der Waals surface area contributed by atoms with Crippen molar-refractivity contribution in [1.29, 1.82) is 0 Å². The van der Waals surface area contributed by atoms with Crippen molar-refractivity contribution in [3.05, 3.63) is 60.9 Å². The second-order valence-electron chi connectivity index (χ2n) is 5.40. The van der Waals surface area contributed by atoms with E-state index < -0.39 is 0 Å². The number of nitrogens with zero attached hydrogens (tertiary/aromatic N) is 2. The van der Waals surface area contributed by atoms with Crippen molar-refractivity contribution >= 4 is 34.3 Å². The Labute approximate surface area is 144 Å². The molecule has 0 saturated carbocycles. The molecule has 25 heavy (non-hydrogen) atoms. The normalized spacial score (nSPS) is 10.4. The van der Waals surface area contributed by atoms with Gasteiger partial charge in [-0.25, -0.2) is 9.97 Å². The van der Waals surface area contributed by atoms with Gasteiger partial charge in [0.25, 0.3) is 0 Å². The average Bonchev–Trinajstić information content (AvgIpc) is 2.63. The first-order valence-corrected chi connectivity index (χ1v) is 7.64. The van der Waals surface area contributed by atoms with Crippen LogP contribution in [-0.4, -0.2) is 22.2 Å². The van der Waals surface area contributed by atoms with Crippen LogP contribution in [0.1, 0.15) is 5.69 Å². The van der Waals surface area contributed by atoms with Crippen LogP contribution in [-0.2, 0) is 16.0 Å². The van der Waals surface area contributed by atoms with Crippen molar-refractivity contribution in [2.24, 2.45) is 0 Å². The lowest BCUT2D eigenvalue weighted by Gasteiger charge is -2.10. The SMILES string of the molecule is C=CC(=O)Nc1cccc2ccc(-c3ncc(N)c(CC=O)n3)cc12. The molecule has 2 aromatic carbocycles. The van der Waals surface area contributed by atoms with E-state index in [9.17, 15) is 9.59 Å². The van der Waals surface area contributed by atoms with E-state index >= 15 is 0 Å². The molecule has 6 heteroatoms. The molecule has 124 valence electrons. The number of benzene rings is 2. The molecule has 6 nitrogen and oxygen atoms in total. The molecule has 0 saturated heterocycles. The van der Waals surface area contributed by atoms with E-state index in [1.54, 1.807) is 0 Å². The van der Waals surface area contributed by atoms with Crippen LogP contribution < -0.4 is 11.1 Å². The molecule has 1 amide bonds. The van der Waals surface area contributed by atoms with Crippen molar-refractivity contribution in [3.63, 3.8) is 0 Å². The van der Waals surface area contributed by atoms with Crippen molar-refractivity contribution in [3.8, 4) is 11.4 Å². The number of hydrogen-bond acceptors (Lipinski definition) is 5. The standard InChI is InChI=1S/C19H16N4O2/c1-2-18(25)22-16-5-3-4-12-6-7-13(10-14(12)16)19-21-11-15(20)17(23-19)8-9-24/h2-7,9-11H,1,8,20H2,(H,22,25). The van der Waals surface area contributed by atoms with E-state index in [2.05, 4.69) is 21.9 Å². The molecule has 0 unspecified atom stereocenters. The number of carbonyl (C=O) groups excluding carboxylic acids is 2. The number of aldehydes is 1. The van der Waals surface area contributed by atoms with Gasteiger partial charge in [-0.3, -0.25) is 4.79 Å². The number of aromatic nitrogens is 2. The van der Waals surface area contributed by atoms with Gasteiger partial charge >= 0.3 is 0 Å². The minimum Gasteiger partial charge on any atom is -0.396 e. The van der Waals surface area contributed by atoms with Crippen LogP contribution in [0, 0.1) is 0 Å². The predicted molar refractivity (Wildman–Crippen MR) is 98.0 cm³/mol. The van der Waals surface area contributed by atoms with E-state index in [0.717, 1.165) is 22.6 Å². The van der Waals surface area contributed by atoms with Crippen molar-refractivity contribution < 1.29 is 9.59 Å². The summed E-state index contributed by atoms with van der Waals surface area (Å²) in [6.45, 7) is 3.47. The summed E-state index contributed by atoms with van der Waals surface area (Å²) in [7, 11) is 0. The number of fused-ring (bicyclic) bond motifs is 1. The number of carbonyl (C=O) groups is 2. The highest BCUT2D eigenvalue weighted by Crippen LogP contribution is 2.28. The topological polar surface area (TPSA) is 98.0 Å². The molecule has 0 spiro atoms. The van der Waals surface area contributed by atoms with Gasteiger partial charge in [0.05, 0.1) is 17.6 Å². The Morgan fingerprint density at radius 1 is 1.28 bits per heavy atom. The van der Waals surface area contributed by atoms with E-state index in [1.165, 1.54) is 12.3 Å². The number of anilines is 2. The fourth-order valence-corrected chi connectivity index (χ4v) is 2.51. The smallest absolute Gasteiger partial charge is 0.247 e. The monoisotopic (exact) mass is 332 g/mol. The Morgan fingerprint density at radius 2 is 2.12 bits per heavy atom. The highest BCUT2D eigenvalue weighted by molar-refractivity contribution is 6.06. The number of nitrogen functional groups attached to an aromatic ring is 1. The molecule has 0 aliphatic rings. The summed E-state index contributed by atoms with van der Waals surface area (Å²) < 4.78 is 0. The quantitative estimate of drug-likeness (QED) is 0.553. The highest BCUT2D eigenvalue weighted by Gasteiger charge is 2.09. The lowest BCUT2D eigenvalue weighted by molar-refractivity contribution is -0.112. The van der Waals surface area contributed by atoms with Crippen LogP contribution in [0.5, 0.6) is 0 Å². The fraction of sp³-hybridized carbons (Fsp3) is 0.0526. The first-order valence-electron chi connectivity index (χ1n) is 7.64. The van der Waals surface area contributed by atoms with E-state index in [-0.39, 0.29) is 12.3 Å².